The molecular weight excluding hydrogens is 427 g/mol. The summed E-state index contributed by atoms with van der Waals surface area (Å²) in [6.45, 7) is 0. The van der Waals surface area contributed by atoms with Gasteiger partial charge in [0, 0.05) is 0 Å². The Kier molecular flexibility index (Phi) is 4.60. The smallest absolute Gasteiger partial charge is 0.257 e. The average Bonchev–Trinajstić information content (AvgIpc) is 2.31. The molecule has 0 spiro atoms. The summed E-state index contributed by atoms with van der Waals surface area (Å²) >= 11 is 0. The van der Waals surface area contributed by atoms with Crippen molar-refractivity contribution in [1.82, 2.24) is 4.90 Å². The fourth-order valence-electron chi connectivity index (χ4n) is 1.63. The summed E-state index contributed by atoms with van der Waals surface area (Å²) in [5.41, 5.74) is -7.66. The number of nitrogens with zero attached hydrogens (tertiary/aromatic N) is 1. The largest absolute Gasteiger partial charge is 0.440 e. The molecule has 1 saturated heterocycles. The van der Waals surface area contributed by atoms with E-state index in [0.717, 1.165) is 0 Å². The van der Waals surface area contributed by atoms with Gasteiger partial charge in [0.15, 0.2) is 0 Å². The van der Waals surface area contributed by atoms with Crippen LogP contribution in [0.25, 0.3) is 0 Å². The van der Waals surface area contributed by atoms with Gasteiger partial charge in [0.05, 0.1) is 0 Å². The zero-order valence-corrected chi connectivity index (χ0v) is 10.9. The number of carbonyl (C=O) groups excluding carboxylic acids is 1. The van der Waals surface area contributed by atoms with E-state index in [2.05, 4.69) is 0 Å². The Hall–Kier alpha value is -1.46. The molecule has 0 saturated carbocycles. The summed E-state index contributed by atoms with van der Waals surface area (Å²) < 4.78 is 195. The first-order chi connectivity index (χ1) is 11.0. The SMILES string of the molecule is O=C(F)C(F)(C(F)(F)F)C(F)(F)N1C(F)(F)C(F)(F)OC(F)(F)C1(F)F. The highest BCUT2D eigenvalue weighted by molar-refractivity contribution is 5.81. The van der Waals surface area contributed by atoms with Crippen LogP contribution >= 0.6 is 0 Å². The topological polar surface area (TPSA) is 29.5 Å². The summed E-state index contributed by atoms with van der Waals surface area (Å²) in [5.74, 6) is 0. The molecule has 1 rings (SSSR count). The molecule has 154 valence electrons. The van der Waals surface area contributed by atoms with Crippen LogP contribution in [0.15, 0.2) is 0 Å². The standard InChI is InChI=1S/C8F15NO2/c9-1(25)2(10,3(11,12)13)4(14,15)24-5(16,17)7(20,21)26-8(22,23)6(24,18)19. The number of rotatable bonds is 3. The maximum absolute atomic E-state index is 13.5. The van der Waals surface area contributed by atoms with Crippen molar-refractivity contribution in [2.45, 2.75) is 42.2 Å². The molecule has 0 amide bonds. The van der Waals surface area contributed by atoms with Gasteiger partial charge >= 0.3 is 48.2 Å². The second-order valence-corrected chi connectivity index (χ2v) is 4.52. The van der Waals surface area contributed by atoms with E-state index in [1.165, 1.54) is 0 Å². The first kappa shape index (κ1) is 22.6. The van der Waals surface area contributed by atoms with E-state index in [1.807, 2.05) is 0 Å². The molecule has 0 aromatic rings. The second-order valence-electron chi connectivity index (χ2n) is 4.52. The van der Waals surface area contributed by atoms with E-state index < -0.39 is 53.1 Å². The number of halogens is 15. The second kappa shape index (κ2) is 5.29. The summed E-state index contributed by atoms with van der Waals surface area (Å²) in [7, 11) is 0. The molecule has 0 aromatic heterocycles. The number of hydrogen-bond donors (Lipinski definition) is 0. The average molecular weight is 427 g/mol. The zero-order chi connectivity index (χ0) is 21.4. The third kappa shape index (κ3) is 2.51. The maximum atomic E-state index is 13.5. The van der Waals surface area contributed by atoms with E-state index in [9.17, 15) is 70.7 Å². The van der Waals surface area contributed by atoms with Gasteiger partial charge in [-0.3, -0.25) is 4.79 Å². The number of ether oxygens (including phenoxy) is 1. The molecule has 1 atom stereocenters. The van der Waals surface area contributed by atoms with Crippen molar-refractivity contribution in [3.63, 3.8) is 0 Å². The minimum atomic E-state index is -8.01. The van der Waals surface area contributed by atoms with Gasteiger partial charge in [0.25, 0.3) is 0 Å². The van der Waals surface area contributed by atoms with Crippen LogP contribution < -0.4 is 0 Å². The number of morpholine rings is 1. The predicted molar refractivity (Wildman–Crippen MR) is 43.7 cm³/mol. The van der Waals surface area contributed by atoms with Gasteiger partial charge in [-0.2, -0.15) is 61.5 Å². The van der Waals surface area contributed by atoms with Gasteiger partial charge in [0.1, 0.15) is 0 Å². The summed E-state index contributed by atoms with van der Waals surface area (Å²) in [4.78, 5) is 5.73. The van der Waals surface area contributed by atoms with E-state index in [4.69, 9.17) is 0 Å². The van der Waals surface area contributed by atoms with Crippen LogP contribution in [0.5, 0.6) is 0 Å². The maximum Gasteiger partial charge on any atom is 0.440 e. The van der Waals surface area contributed by atoms with E-state index >= 15 is 0 Å². The minimum absolute atomic E-state index is 1.65. The van der Waals surface area contributed by atoms with E-state index in [1.54, 1.807) is 4.74 Å². The zero-order valence-electron chi connectivity index (χ0n) is 10.9. The molecule has 0 radical (unpaired) electrons. The first-order valence-corrected chi connectivity index (χ1v) is 5.37. The lowest BCUT2D eigenvalue weighted by atomic mass is 10.0. The molecule has 1 fully saturated rings. The van der Waals surface area contributed by atoms with Gasteiger partial charge in [0.2, 0.25) is 0 Å². The van der Waals surface area contributed by atoms with Crippen molar-refractivity contribution < 1.29 is 75.4 Å². The molecule has 26 heavy (non-hydrogen) atoms. The Balaban J connectivity index is 3.89. The lowest BCUT2D eigenvalue weighted by Gasteiger charge is -2.51. The molecule has 3 nitrogen and oxygen atoms in total. The summed E-state index contributed by atoms with van der Waals surface area (Å²) in [6.07, 6.45) is -21.8. The Morgan fingerprint density at radius 1 is 0.731 bits per heavy atom. The van der Waals surface area contributed by atoms with Gasteiger partial charge < -0.3 is 0 Å². The van der Waals surface area contributed by atoms with E-state index in [-0.39, 0.29) is 0 Å². The van der Waals surface area contributed by atoms with Crippen LogP contribution in [-0.4, -0.2) is 53.1 Å². The van der Waals surface area contributed by atoms with Crippen LogP contribution in [-0.2, 0) is 9.53 Å². The molecule has 1 unspecified atom stereocenters. The molecule has 1 aliphatic heterocycles. The summed E-state index contributed by atoms with van der Waals surface area (Å²) in [6, 6.07) is -27.9. The summed E-state index contributed by atoms with van der Waals surface area (Å²) in [5, 5.41) is 0. The van der Waals surface area contributed by atoms with Crippen LogP contribution in [0.2, 0.25) is 0 Å². The number of hydrogen-bond acceptors (Lipinski definition) is 3. The van der Waals surface area contributed by atoms with Gasteiger partial charge in [-0.15, -0.1) is 4.90 Å². The Morgan fingerprint density at radius 3 is 1.27 bits per heavy atom. The predicted octanol–water partition coefficient (Wildman–Crippen LogP) is 4.05. The molecule has 0 bridgehead atoms. The first-order valence-electron chi connectivity index (χ1n) is 5.37. The van der Waals surface area contributed by atoms with Crippen LogP contribution in [0.3, 0.4) is 0 Å². The van der Waals surface area contributed by atoms with Crippen molar-refractivity contribution in [2.75, 3.05) is 0 Å². The van der Waals surface area contributed by atoms with Crippen LogP contribution in [0, 0.1) is 0 Å². The third-order valence-electron chi connectivity index (χ3n) is 2.88. The lowest BCUT2D eigenvalue weighted by molar-refractivity contribution is -0.592. The third-order valence-corrected chi connectivity index (χ3v) is 2.88. The Labute approximate surface area is 130 Å². The Morgan fingerprint density at radius 2 is 1.04 bits per heavy atom. The Bertz CT molecular complexity index is 571. The van der Waals surface area contributed by atoms with Gasteiger partial charge in [-0.1, -0.05) is 0 Å². The van der Waals surface area contributed by atoms with Crippen molar-refractivity contribution >= 4 is 6.04 Å². The quantitative estimate of drug-likeness (QED) is 0.387. The molecule has 1 aliphatic rings. The normalized spacial score (nSPS) is 27.7. The highest BCUT2D eigenvalue weighted by Crippen LogP contribution is 2.62. The highest BCUT2D eigenvalue weighted by atomic mass is 19.4. The lowest BCUT2D eigenvalue weighted by Crippen LogP contribution is -2.82. The molecule has 1 heterocycles. The molecule has 18 heteroatoms. The van der Waals surface area contributed by atoms with Crippen molar-refractivity contribution in [3.8, 4) is 0 Å². The van der Waals surface area contributed by atoms with Gasteiger partial charge in [-0.25, -0.2) is 9.13 Å². The van der Waals surface area contributed by atoms with Gasteiger partial charge in [-0.05, 0) is 0 Å². The van der Waals surface area contributed by atoms with E-state index in [0.29, 0.717) is 0 Å². The van der Waals surface area contributed by atoms with Crippen molar-refractivity contribution in [3.05, 3.63) is 0 Å². The molecule has 0 aliphatic carbocycles. The van der Waals surface area contributed by atoms with Crippen molar-refractivity contribution in [2.24, 2.45) is 0 Å². The fourth-order valence-corrected chi connectivity index (χ4v) is 1.63. The fraction of sp³-hybridized carbons (Fsp3) is 0.875. The monoisotopic (exact) mass is 427 g/mol. The van der Waals surface area contributed by atoms with Crippen molar-refractivity contribution in [1.29, 1.82) is 0 Å². The molecular formula is C8F15NO2. The molecule has 0 aromatic carbocycles. The minimum Gasteiger partial charge on any atom is -0.257 e. The van der Waals surface area contributed by atoms with Crippen LogP contribution in [0.1, 0.15) is 0 Å². The highest BCUT2D eigenvalue weighted by Gasteiger charge is 2.92. The number of alkyl halides is 14. The number of carbonyl (C=O) groups is 1. The molecule has 0 N–H and O–H groups in total. The van der Waals surface area contributed by atoms with Crippen LogP contribution in [0.4, 0.5) is 65.9 Å².